The monoisotopic (exact) mass is 342 g/mol. The summed E-state index contributed by atoms with van der Waals surface area (Å²) in [5.74, 6) is -0.384. The third kappa shape index (κ3) is 3.26. The van der Waals surface area contributed by atoms with Crippen LogP contribution in [0, 0.1) is 5.92 Å². The fourth-order valence-corrected chi connectivity index (χ4v) is 4.98. The number of imidazole rings is 1. The number of amides is 1. The molecule has 3 rings (SSSR count). The van der Waals surface area contributed by atoms with E-state index in [1.54, 1.807) is 11.6 Å². The average molecular weight is 342 g/mol. The highest BCUT2D eigenvalue weighted by Crippen LogP contribution is 2.33. The molecule has 0 bridgehead atoms. The zero-order chi connectivity index (χ0) is 16.4. The molecule has 1 aliphatic heterocycles. The standard InChI is InChI=1S/C14H22N4O4S/c1-17-9-13(16-10-17)23(20,21)18-6-8-22-7-5-15-14(19)11-3-2-4-12(11)18/h9-12H,2-8H2,1H3,(H,15,19)/t11-,12+/m1/s1. The van der Waals surface area contributed by atoms with Crippen LogP contribution < -0.4 is 5.32 Å². The van der Waals surface area contributed by atoms with E-state index in [2.05, 4.69) is 10.3 Å². The fourth-order valence-electron chi connectivity index (χ4n) is 3.33. The summed E-state index contributed by atoms with van der Waals surface area (Å²) >= 11 is 0. The van der Waals surface area contributed by atoms with E-state index in [4.69, 9.17) is 4.74 Å². The number of hydrogen-bond acceptors (Lipinski definition) is 5. The second kappa shape index (κ2) is 6.58. The van der Waals surface area contributed by atoms with Gasteiger partial charge in [0.25, 0.3) is 10.0 Å². The molecular weight excluding hydrogens is 320 g/mol. The quantitative estimate of drug-likeness (QED) is 0.798. The number of nitrogens with one attached hydrogen (secondary N) is 1. The van der Waals surface area contributed by atoms with Crippen LogP contribution >= 0.6 is 0 Å². The van der Waals surface area contributed by atoms with Gasteiger partial charge < -0.3 is 14.6 Å². The Morgan fingerprint density at radius 2 is 2.17 bits per heavy atom. The Kier molecular flexibility index (Phi) is 4.69. The van der Waals surface area contributed by atoms with Crippen LogP contribution in [-0.4, -0.2) is 60.5 Å². The number of carbonyl (C=O) groups excluding carboxylic acids is 1. The number of aryl methyl sites for hydroxylation is 1. The van der Waals surface area contributed by atoms with Crippen molar-refractivity contribution < 1.29 is 17.9 Å². The maximum absolute atomic E-state index is 13.0. The van der Waals surface area contributed by atoms with Gasteiger partial charge in [-0.25, -0.2) is 13.4 Å². The molecule has 2 aliphatic rings. The van der Waals surface area contributed by atoms with Crippen LogP contribution in [0.2, 0.25) is 0 Å². The second-order valence-electron chi connectivity index (χ2n) is 6.00. The highest BCUT2D eigenvalue weighted by molar-refractivity contribution is 7.89. The minimum absolute atomic E-state index is 0.0168. The van der Waals surface area contributed by atoms with Crippen molar-refractivity contribution in [3.63, 3.8) is 0 Å². The Morgan fingerprint density at radius 1 is 1.35 bits per heavy atom. The molecule has 0 spiro atoms. The minimum Gasteiger partial charge on any atom is -0.378 e. The highest BCUT2D eigenvalue weighted by Gasteiger charge is 2.42. The minimum atomic E-state index is -3.75. The molecule has 1 aromatic heterocycles. The van der Waals surface area contributed by atoms with E-state index in [1.165, 1.54) is 16.8 Å². The van der Waals surface area contributed by atoms with Crippen molar-refractivity contribution in [3.8, 4) is 0 Å². The average Bonchev–Trinajstić information content (AvgIpc) is 3.15. The highest BCUT2D eigenvalue weighted by atomic mass is 32.2. The van der Waals surface area contributed by atoms with Crippen molar-refractivity contribution >= 4 is 15.9 Å². The Bertz CT molecular complexity index is 672. The first kappa shape index (κ1) is 16.4. The van der Waals surface area contributed by atoms with Crippen molar-refractivity contribution in [2.75, 3.05) is 26.3 Å². The summed E-state index contributed by atoms with van der Waals surface area (Å²) in [7, 11) is -2.02. The Balaban J connectivity index is 1.94. The van der Waals surface area contributed by atoms with E-state index in [9.17, 15) is 13.2 Å². The molecule has 1 amide bonds. The van der Waals surface area contributed by atoms with Gasteiger partial charge in [-0.3, -0.25) is 4.79 Å². The number of hydrogen-bond donors (Lipinski definition) is 1. The van der Waals surface area contributed by atoms with Crippen molar-refractivity contribution in [2.45, 2.75) is 30.3 Å². The van der Waals surface area contributed by atoms with Crippen LogP contribution in [0.4, 0.5) is 0 Å². The summed E-state index contributed by atoms with van der Waals surface area (Å²) in [5, 5.41) is 2.85. The molecule has 1 aromatic rings. The van der Waals surface area contributed by atoms with E-state index in [0.717, 1.165) is 6.42 Å². The first-order valence-electron chi connectivity index (χ1n) is 7.85. The number of rotatable bonds is 2. The largest absolute Gasteiger partial charge is 0.378 e. The maximum Gasteiger partial charge on any atom is 0.262 e. The molecule has 2 atom stereocenters. The maximum atomic E-state index is 13.0. The lowest BCUT2D eigenvalue weighted by Gasteiger charge is -2.31. The Morgan fingerprint density at radius 3 is 2.91 bits per heavy atom. The molecule has 0 unspecified atom stereocenters. The van der Waals surface area contributed by atoms with E-state index < -0.39 is 10.0 Å². The summed E-state index contributed by atoms with van der Waals surface area (Å²) in [6, 6.07) is -0.330. The summed E-state index contributed by atoms with van der Waals surface area (Å²) < 4.78 is 34.4. The van der Waals surface area contributed by atoms with Gasteiger partial charge in [-0.15, -0.1) is 0 Å². The first-order valence-corrected chi connectivity index (χ1v) is 9.29. The molecule has 128 valence electrons. The van der Waals surface area contributed by atoms with Crippen LogP contribution in [0.1, 0.15) is 19.3 Å². The van der Waals surface area contributed by atoms with Crippen LogP contribution in [0.3, 0.4) is 0 Å². The zero-order valence-electron chi connectivity index (χ0n) is 13.1. The number of carbonyl (C=O) groups is 1. The topological polar surface area (TPSA) is 93.5 Å². The fraction of sp³-hybridized carbons (Fsp3) is 0.714. The number of sulfonamides is 1. The van der Waals surface area contributed by atoms with Crippen molar-refractivity contribution in [1.29, 1.82) is 0 Å². The van der Waals surface area contributed by atoms with Crippen molar-refractivity contribution in [1.82, 2.24) is 19.2 Å². The zero-order valence-corrected chi connectivity index (χ0v) is 14.0. The third-order valence-corrected chi connectivity index (χ3v) is 6.25. The lowest BCUT2D eigenvalue weighted by atomic mass is 10.0. The van der Waals surface area contributed by atoms with E-state index >= 15 is 0 Å². The third-order valence-electron chi connectivity index (χ3n) is 4.44. The number of aromatic nitrogens is 2. The van der Waals surface area contributed by atoms with Gasteiger partial charge in [-0.05, 0) is 12.8 Å². The molecule has 1 saturated heterocycles. The molecule has 2 fully saturated rings. The van der Waals surface area contributed by atoms with Gasteiger partial charge in [0, 0.05) is 32.4 Å². The van der Waals surface area contributed by atoms with E-state index in [-0.39, 0.29) is 29.4 Å². The van der Waals surface area contributed by atoms with Crippen LogP contribution in [0.15, 0.2) is 17.6 Å². The molecule has 1 N–H and O–H groups in total. The van der Waals surface area contributed by atoms with E-state index in [1.807, 2.05) is 0 Å². The second-order valence-corrected chi connectivity index (χ2v) is 7.84. The van der Waals surface area contributed by atoms with Gasteiger partial charge in [0.15, 0.2) is 5.03 Å². The van der Waals surface area contributed by atoms with Crippen molar-refractivity contribution in [3.05, 3.63) is 12.5 Å². The van der Waals surface area contributed by atoms with Crippen LogP contribution in [0.25, 0.3) is 0 Å². The Hall–Kier alpha value is -1.45. The molecule has 23 heavy (non-hydrogen) atoms. The number of ether oxygens (including phenoxy) is 1. The normalized spacial score (nSPS) is 27.4. The molecule has 9 heteroatoms. The van der Waals surface area contributed by atoms with Crippen LogP contribution in [0.5, 0.6) is 0 Å². The van der Waals surface area contributed by atoms with E-state index in [0.29, 0.717) is 32.6 Å². The molecular formula is C14H22N4O4S. The van der Waals surface area contributed by atoms with Gasteiger partial charge in [0.2, 0.25) is 5.91 Å². The van der Waals surface area contributed by atoms with Gasteiger partial charge in [0.1, 0.15) is 0 Å². The molecule has 1 aliphatic carbocycles. The lowest BCUT2D eigenvalue weighted by molar-refractivity contribution is -0.126. The summed E-state index contributed by atoms with van der Waals surface area (Å²) in [6.45, 7) is 1.41. The van der Waals surface area contributed by atoms with Gasteiger partial charge in [-0.1, -0.05) is 6.42 Å². The molecule has 1 saturated carbocycles. The summed E-state index contributed by atoms with van der Waals surface area (Å²) in [4.78, 5) is 16.3. The molecule has 8 nitrogen and oxygen atoms in total. The molecule has 0 aromatic carbocycles. The SMILES string of the molecule is Cn1cnc(S(=O)(=O)N2CCOCCNC(=O)[C@@H]3CCC[C@@H]32)c1. The molecule has 0 radical (unpaired) electrons. The predicted octanol–water partition coefficient (Wildman–Crippen LogP) is -0.274. The lowest BCUT2D eigenvalue weighted by Crippen LogP contribution is -2.49. The first-order chi connectivity index (χ1) is 11.0. The van der Waals surface area contributed by atoms with Crippen molar-refractivity contribution in [2.24, 2.45) is 13.0 Å². The van der Waals surface area contributed by atoms with Gasteiger partial charge in [0.05, 0.1) is 25.5 Å². The predicted molar refractivity (Wildman–Crippen MR) is 82.1 cm³/mol. The number of fused-ring (bicyclic) bond motifs is 1. The van der Waals surface area contributed by atoms with Crippen LogP contribution in [-0.2, 0) is 26.6 Å². The molecule has 2 heterocycles. The Labute approximate surface area is 135 Å². The van der Waals surface area contributed by atoms with Gasteiger partial charge >= 0.3 is 0 Å². The summed E-state index contributed by atoms with van der Waals surface area (Å²) in [6.07, 6.45) is 5.19. The summed E-state index contributed by atoms with van der Waals surface area (Å²) in [5.41, 5.74) is 0. The number of nitrogens with zero attached hydrogens (tertiary/aromatic N) is 3. The smallest absolute Gasteiger partial charge is 0.262 e. The van der Waals surface area contributed by atoms with Gasteiger partial charge in [-0.2, -0.15) is 4.31 Å².